The molecule has 0 aromatic carbocycles. The summed E-state index contributed by atoms with van der Waals surface area (Å²) in [4.78, 5) is 67.0. The number of imidazole rings is 1. The van der Waals surface area contributed by atoms with Crippen LogP contribution in [0.4, 0.5) is 0 Å². The number of ether oxygens (including phenoxy) is 5. The van der Waals surface area contributed by atoms with Crippen molar-refractivity contribution in [1.82, 2.24) is 19.1 Å². The van der Waals surface area contributed by atoms with Gasteiger partial charge in [-0.3, -0.25) is 32.6 Å². The summed E-state index contributed by atoms with van der Waals surface area (Å²) in [5.74, 6) is -1.65. The first-order chi connectivity index (χ1) is 20.7. The van der Waals surface area contributed by atoms with Crippen LogP contribution < -0.4 is 5.56 Å². The molecule has 0 radical (unpaired) electrons. The molecule has 2 fully saturated rings. The molecule has 6 heterocycles. The molecule has 44 heavy (non-hydrogen) atoms. The van der Waals surface area contributed by atoms with E-state index in [-0.39, 0.29) is 29.1 Å². The minimum Gasteiger partial charge on any atom is -0.456 e. The van der Waals surface area contributed by atoms with E-state index in [1.54, 1.807) is 0 Å². The first-order valence-electron chi connectivity index (χ1n) is 12.9. The van der Waals surface area contributed by atoms with Crippen molar-refractivity contribution in [2.45, 2.75) is 56.6 Å². The molecular weight excluding hydrogens is 702 g/mol. The molecule has 2 saturated heterocycles. The molecule has 4 aliphatic heterocycles. The third kappa shape index (κ3) is 6.75. The molecule has 8 bridgehead atoms. The van der Waals surface area contributed by atoms with Crippen LogP contribution in [0.5, 0.6) is 0 Å². The van der Waals surface area contributed by atoms with Crippen molar-refractivity contribution in [1.29, 1.82) is 0 Å². The van der Waals surface area contributed by atoms with Gasteiger partial charge in [-0.1, -0.05) is 6.08 Å². The summed E-state index contributed by atoms with van der Waals surface area (Å²) in [6, 6.07) is -0.837. The van der Waals surface area contributed by atoms with E-state index in [0.717, 1.165) is 13.8 Å². The Hall–Kier alpha value is -2.35. The molecule has 2 N–H and O–H groups in total. The van der Waals surface area contributed by atoms with Crippen molar-refractivity contribution in [3.63, 3.8) is 0 Å². The number of hydrogen-bond donors (Lipinski definition) is 2. The topological polar surface area (TPSA) is 235 Å². The van der Waals surface area contributed by atoms with Crippen LogP contribution >= 0.6 is 31.6 Å². The average Bonchev–Trinajstić information content (AvgIpc) is 3.57. The highest BCUT2D eigenvalue weighted by atomic mass is 79.9. The van der Waals surface area contributed by atoms with E-state index in [4.69, 9.17) is 32.7 Å². The third-order valence-corrected chi connectivity index (χ3v) is 9.89. The molecule has 22 heteroatoms. The fraction of sp³-hybridized carbons (Fsp3) is 0.591. The number of nitrogens with zero attached hydrogens (tertiary/aromatic N) is 4. The lowest BCUT2D eigenvalue weighted by Crippen LogP contribution is -2.40. The second-order valence-electron chi connectivity index (χ2n) is 9.73. The lowest BCUT2D eigenvalue weighted by Gasteiger charge is -2.25. The van der Waals surface area contributed by atoms with Crippen molar-refractivity contribution in [2.75, 3.05) is 26.4 Å². The van der Waals surface area contributed by atoms with E-state index in [9.17, 15) is 33.3 Å². The summed E-state index contributed by atoms with van der Waals surface area (Å²) in [5, 5.41) is 0. The van der Waals surface area contributed by atoms with E-state index in [1.165, 1.54) is 21.5 Å². The number of hydrogen-bond acceptors (Lipinski definition) is 15. The van der Waals surface area contributed by atoms with Crippen molar-refractivity contribution in [3.05, 3.63) is 34.1 Å². The SMILES string of the molecule is C=CCO[C@@H]1[C@H]2CO[C@@H]1COP(=O)(O)OP(=O)(O)OC[C@H]1O[C@H]([C@H](OC(C)=O)[C@@H]1OC(C)=O)n1c(Br)nc3c(=O)n2cnc31. The van der Waals surface area contributed by atoms with E-state index in [1.807, 2.05) is 0 Å². The number of phosphoric ester groups is 2. The van der Waals surface area contributed by atoms with E-state index in [0.29, 0.717) is 0 Å². The number of halogens is 1. The van der Waals surface area contributed by atoms with E-state index in [2.05, 4.69) is 36.8 Å². The maximum Gasteiger partial charge on any atom is 0.481 e. The Kier molecular flexibility index (Phi) is 9.61. The normalized spacial score (nSPS) is 35.8. The molecule has 242 valence electrons. The van der Waals surface area contributed by atoms with Crippen LogP contribution in [-0.2, 0) is 55.8 Å². The number of aromatic nitrogens is 4. The summed E-state index contributed by atoms with van der Waals surface area (Å²) in [5.41, 5.74) is -0.803. The first kappa shape index (κ1) is 33.0. The van der Waals surface area contributed by atoms with Gasteiger partial charge in [0.25, 0.3) is 5.56 Å². The highest BCUT2D eigenvalue weighted by molar-refractivity contribution is 9.10. The van der Waals surface area contributed by atoms with Crippen LogP contribution in [0.1, 0.15) is 26.1 Å². The van der Waals surface area contributed by atoms with Gasteiger partial charge in [0.1, 0.15) is 24.6 Å². The minimum absolute atomic E-state index is 0.000182. The molecule has 2 aromatic rings. The number of fused-ring (bicyclic) bond motifs is 7. The van der Waals surface area contributed by atoms with Crippen LogP contribution in [0.2, 0.25) is 0 Å². The van der Waals surface area contributed by atoms with Gasteiger partial charge in [-0.15, -0.1) is 6.58 Å². The average molecular weight is 729 g/mol. The second kappa shape index (κ2) is 12.8. The highest BCUT2D eigenvalue weighted by Crippen LogP contribution is 2.61. The lowest BCUT2D eigenvalue weighted by molar-refractivity contribution is -0.165. The zero-order valence-corrected chi connectivity index (χ0v) is 26.4. The fourth-order valence-corrected chi connectivity index (χ4v) is 7.71. The standard InChI is InChI=1S/C22H27BrN4O15P2/c1-4-5-35-16-12-6-36-13(16)7-37-43(31,32)42-44(33,34)38-8-14-17(39-10(2)28)18(40-11(3)29)21(41-14)27-19-15(25-22(27)23)20(30)26(12)9-24-19/h4,9,12-14,16-18,21H,1,5-8H2,2-3H3,(H,31,32)(H,33,34)/t12-,13-,14-,16-,17-,18-,21-/m1/s1. The largest absolute Gasteiger partial charge is 0.481 e. The molecule has 0 aliphatic carbocycles. The van der Waals surface area contributed by atoms with Gasteiger partial charge in [-0.2, -0.15) is 4.31 Å². The van der Waals surface area contributed by atoms with Crippen LogP contribution in [0, 0.1) is 0 Å². The maximum absolute atomic E-state index is 13.7. The molecule has 9 atom stereocenters. The predicted molar refractivity (Wildman–Crippen MR) is 146 cm³/mol. The molecule has 2 unspecified atom stereocenters. The zero-order chi connectivity index (χ0) is 32.0. The number of esters is 2. The van der Waals surface area contributed by atoms with Gasteiger partial charge in [0.2, 0.25) is 0 Å². The zero-order valence-electron chi connectivity index (χ0n) is 23.0. The van der Waals surface area contributed by atoms with Gasteiger partial charge in [0, 0.05) is 13.8 Å². The second-order valence-corrected chi connectivity index (χ2v) is 13.5. The summed E-state index contributed by atoms with van der Waals surface area (Å²) in [7, 11) is -10.6. The smallest absolute Gasteiger partial charge is 0.456 e. The summed E-state index contributed by atoms with van der Waals surface area (Å²) >= 11 is 3.28. The van der Waals surface area contributed by atoms with Crippen molar-refractivity contribution >= 4 is 54.7 Å². The Morgan fingerprint density at radius 1 is 1.09 bits per heavy atom. The summed E-state index contributed by atoms with van der Waals surface area (Å²) < 4.78 is 70.3. The predicted octanol–water partition coefficient (Wildman–Crippen LogP) is 0.892. The molecule has 0 saturated carbocycles. The fourth-order valence-electron chi connectivity index (χ4n) is 5.07. The Labute approximate surface area is 256 Å². The molecule has 0 amide bonds. The third-order valence-electron chi connectivity index (χ3n) is 6.73. The quantitative estimate of drug-likeness (QED) is 0.188. The monoisotopic (exact) mass is 728 g/mol. The number of phosphoric acid groups is 2. The van der Waals surface area contributed by atoms with Crippen LogP contribution in [0.3, 0.4) is 0 Å². The molecular formula is C22H27BrN4O15P2. The number of rotatable bonds is 5. The molecule has 19 nitrogen and oxygen atoms in total. The van der Waals surface area contributed by atoms with E-state index < -0.39 is 89.1 Å². The van der Waals surface area contributed by atoms with Gasteiger partial charge in [0.05, 0.1) is 32.5 Å². The highest BCUT2D eigenvalue weighted by Gasteiger charge is 2.52. The van der Waals surface area contributed by atoms with Gasteiger partial charge >= 0.3 is 27.6 Å². The first-order valence-corrected chi connectivity index (χ1v) is 16.6. The maximum atomic E-state index is 13.7. The van der Waals surface area contributed by atoms with Gasteiger partial charge < -0.3 is 33.5 Å². The summed E-state index contributed by atoms with van der Waals surface area (Å²) in [6.07, 6.45) is -5.03. The van der Waals surface area contributed by atoms with Gasteiger partial charge in [0.15, 0.2) is 34.3 Å². The van der Waals surface area contributed by atoms with Crippen LogP contribution in [0.15, 0.2) is 28.5 Å². The van der Waals surface area contributed by atoms with Crippen molar-refractivity contribution in [3.8, 4) is 0 Å². The molecule has 2 aromatic heterocycles. The Morgan fingerprint density at radius 3 is 2.36 bits per heavy atom. The van der Waals surface area contributed by atoms with Crippen LogP contribution in [0.25, 0.3) is 11.2 Å². The lowest BCUT2D eigenvalue weighted by atomic mass is 10.1. The van der Waals surface area contributed by atoms with Crippen LogP contribution in [-0.4, -0.2) is 97.8 Å². The van der Waals surface area contributed by atoms with E-state index >= 15 is 0 Å². The minimum atomic E-state index is -5.34. The Morgan fingerprint density at radius 2 is 1.73 bits per heavy atom. The Bertz CT molecular complexity index is 1620. The number of carbonyl (C=O) groups is 2. The van der Waals surface area contributed by atoms with Gasteiger partial charge in [-0.05, 0) is 15.9 Å². The molecule has 0 spiro atoms. The molecule has 4 aliphatic rings. The summed E-state index contributed by atoms with van der Waals surface area (Å²) in [6.45, 7) is 4.07. The Balaban J connectivity index is 1.66. The molecule has 6 rings (SSSR count). The van der Waals surface area contributed by atoms with Crippen molar-refractivity contribution in [2.24, 2.45) is 0 Å². The van der Waals surface area contributed by atoms with Gasteiger partial charge in [-0.25, -0.2) is 19.1 Å². The number of carbonyl (C=O) groups excluding carboxylic acids is 2. The van der Waals surface area contributed by atoms with Crippen molar-refractivity contribution < 1.29 is 65.5 Å².